The molecule has 0 aliphatic carbocycles. The molecule has 5 nitrogen and oxygen atoms in total. The Morgan fingerprint density at radius 3 is 2.23 bits per heavy atom. The van der Waals surface area contributed by atoms with Crippen LogP contribution in [0, 0.1) is 6.92 Å². The van der Waals surface area contributed by atoms with Gasteiger partial charge >= 0.3 is 6.03 Å². The average molecular weight is 541 g/mol. The van der Waals surface area contributed by atoms with Crippen LogP contribution in [0.15, 0.2) is 78.9 Å². The second kappa shape index (κ2) is 14.5. The number of amides is 2. The summed E-state index contributed by atoms with van der Waals surface area (Å²) in [5.41, 5.74) is 10.2. The molecule has 2 atom stereocenters. The van der Waals surface area contributed by atoms with Crippen LogP contribution in [0.25, 0.3) is 0 Å². The molecule has 0 spiro atoms. The number of hydrogen-bond donors (Lipinski definition) is 2. The first-order chi connectivity index (χ1) is 16.5. The van der Waals surface area contributed by atoms with Gasteiger partial charge in [0.25, 0.3) is 0 Å². The molecule has 0 aliphatic heterocycles. The number of rotatable bonds is 12. The van der Waals surface area contributed by atoms with E-state index in [1.807, 2.05) is 54.6 Å². The fourth-order valence-corrected chi connectivity index (χ4v) is 4.02. The zero-order valence-electron chi connectivity index (χ0n) is 20.9. The summed E-state index contributed by atoms with van der Waals surface area (Å²) in [5, 5.41) is 3.65. The molecular formula is C29H38BrN3O2. The fourth-order valence-electron chi connectivity index (χ4n) is 4.02. The zero-order chi connectivity index (χ0) is 24.3. The number of ether oxygens (including phenoxy) is 1. The highest BCUT2D eigenvalue weighted by atomic mass is 79.9. The Hall–Kier alpha value is -2.83. The highest BCUT2D eigenvalue weighted by molar-refractivity contribution is 8.93. The molecule has 3 aromatic carbocycles. The van der Waals surface area contributed by atoms with Gasteiger partial charge in [-0.1, -0.05) is 86.3 Å². The minimum absolute atomic E-state index is 0. The van der Waals surface area contributed by atoms with E-state index < -0.39 is 6.03 Å². The monoisotopic (exact) mass is 539 g/mol. The van der Waals surface area contributed by atoms with Crippen LogP contribution in [0.3, 0.4) is 0 Å². The van der Waals surface area contributed by atoms with Gasteiger partial charge in [-0.2, -0.15) is 0 Å². The molecule has 3 rings (SSSR count). The lowest BCUT2D eigenvalue weighted by Crippen LogP contribution is -2.52. The molecule has 2 amide bonds. The summed E-state index contributed by atoms with van der Waals surface area (Å²) in [5.74, 6) is 0.750. The molecule has 35 heavy (non-hydrogen) atoms. The molecule has 0 saturated heterocycles. The van der Waals surface area contributed by atoms with E-state index in [4.69, 9.17) is 10.5 Å². The van der Waals surface area contributed by atoms with Gasteiger partial charge in [-0.05, 0) is 55.7 Å². The van der Waals surface area contributed by atoms with Gasteiger partial charge in [0.05, 0.1) is 6.17 Å². The molecule has 0 radical (unpaired) electrons. The first kappa shape index (κ1) is 28.4. The van der Waals surface area contributed by atoms with Gasteiger partial charge < -0.3 is 10.5 Å². The smallest absolute Gasteiger partial charge is 0.320 e. The van der Waals surface area contributed by atoms with E-state index in [-0.39, 0.29) is 29.2 Å². The van der Waals surface area contributed by atoms with E-state index in [1.54, 1.807) is 4.90 Å². The van der Waals surface area contributed by atoms with Crippen molar-refractivity contribution in [3.8, 4) is 5.75 Å². The number of primary amides is 1. The molecule has 6 heteroatoms. The Morgan fingerprint density at radius 2 is 1.63 bits per heavy atom. The van der Waals surface area contributed by atoms with Crippen LogP contribution in [0.1, 0.15) is 62.3 Å². The van der Waals surface area contributed by atoms with Crippen molar-refractivity contribution < 1.29 is 9.53 Å². The van der Waals surface area contributed by atoms with Gasteiger partial charge in [-0.25, -0.2) is 4.79 Å². The highest BCUT2D eigenvalue weighted by Gasteiger charge is 2.25. The van der Waals surface area contributed by atoms with Crippen molar-refractivity contribution in [2.75, 3.05) is 4.90 Å². The van der Waals surface area contributed by atoms with E-state index in [0.717, 1.165) is 42.7 Å². The van der Waals surface area contributed by atoms with Crippen molar-refractivity contribution in [1.82, 2.24) is 5.32 Å². The molecular weight excluding hydrogens is 502 g/mol. The van der Waals surface area contributed by atoms with Crippen molar-refractivity contribution in [2.45, 2.75) is 65.3 Å². The number of anilines is 1. The van der Waals surface area contributed by atoms with Crippen LogP contribution in [-0.2, 0) is 6.61 Å². The number of nitrogens with zero attached hydrogens (tertiary/aromatic N) is 1. The van der Waals surface area contributed by atoms with E-state index in [9.17, 15) is 4.79 Å². The summed E-state index contributed by atoms with van der Waals surface area (Å²) in [4.78, 5) is 14.3. The van der Waals surface area contributed by atoms with Gasteiger partial charge in [0, 0.05) is 11.7 Å². The number of hydrogen-bond acceptors (Lipinski definition) is 3. The van der Waals surface area contributed by atoms with Gasteiger partial charge in [0.2, 0.25) is 0 Å². The van der Waals surface area contributed by atoms with Crippen LogP contribution in [0.2, 0.25) is 0 Å². The van der Waals surface area contributed by atoms with E-state index in [2.05, 4.69) is 50.4 Å². The standard InChI is InChI=1S/C29H37N3O2.BrH/c1-4-5-7-12-28(31-23(3)25-15-13-22(2)14-16-25)32(29(30)33)26-17-19-27(20-18-26)34-21-24-10-8-6-9-11-24;/h6,8-11,13-20,23,28,31H,4-5,7,12,21H2,1-3H3,(H2,30,33);1H. The number of nitrogens with two attached hydrogens (primary N) is 1. The maximum atomic E-state index is 12.6. The lowest BCUT2D eigenvalue weighted by atomic mass is 10.0. The second-order valence-electron chi connectivity index (χ2n) is 8.79. The van der Waals surface area contributed by atoms with Gasteiger partial charge in [-0.15, -0.1) is 17.0 Å². The lowest BCUT2D eigenvalue weighted by Gasteiger charge is -2.34. The maximum absolute atomic E-state index is 12.6. The number of carbonyl (C=O) groups is 1. The molecule has 3 aromatic rings. The first-order valence-electron chi connectivity index (χ1n) is 12.2. The van der Waals surface area contributed by atoms with E-state index >= 15 is 0 Å². The zero-order valence-corrected chi connectivity index (χ0v) is 22.7. The molecule has 3 N–H and O–H groups in total. The molecule has 0 fully saturated rings. The fraction of sp³-hybridized carbons (Fsp3) is 0.345. The molecule has 2 unspecified atom stereocenters. The summed E-state index contributed by atoms with van der Waals surface area (Å²) < 4.78 is 5.91. The third-order valence-electron chi connectivity index (χ3n) is 6.01. The minimum Gasteiger partial charge on any atom is -0.489 e. The van der Waals surface area contributed by atoms with Crippen molar-refractivity contribution in [3.05, 3.63) is 95.6 Å². The predicted molar refractivity (Wildman–Crippen MR) is 150 cm³/mol. The molecule has 188 valence electrons. The van der Waals surface area contributed by atoms with Crippen LogP contribution in [0.4, 0.5) is 10.5 Å². The Balaban J connectivity index is 0.00000432. The number of unbranched alkanes of at least 4 members (excludes halogenated alkanes) is 2. The average Bonchev–Trinajstić information content (AvgIpc) is 2.84. The Bertz CT molecular complexity index is 1010. The Kier molecular flexibility index (Phi) is 11.8. The van der Waals surface area contributed by atoms with Crippen LogP contribution < -0.4 is 20.7 Å². The van der Waals surface area contributed by atoms with Crippen LogP contribution in [0.5, 0.6) is 5.75 Å². The molecule has 0 aromatic heterocycles. The molecule has 0 aliphatic rings. The van der Waals surface area contributed by atoms with Crippen molar-refractivity contribution in [2.24, 2.45) is 5.73 Å². The SMILES string of the molecule is Br.CCCCCC(NC(C)c1ccc(C)cc1)N(C(N)=O)c1ccc(OCc2ccccc2)cc1. The van der Waals surface area contributed by atoms with Crippen molar-refractivity contribution in [1.29, 1.82) is 0 Å². The summed E-state index contributed by atoms with van der Waals surface area (Å²) in [7, 11) is 0. The summed E-state index contributed by atoms with van der Waals surface area (Å²) >= 11 is 0. The number of halogens is 1. The van der Waals surface area contributed by atoms with Crippen LogP contribution in [-0.4, -0.2) is 12.2 Å². The lowest BCUT2D eigenvalue weighted by molar-refractivity contribution is 0.248. The first-order valence-corrected chi connectivity index (χ1v) is 12.2. The number of urea groups is 1. The van der Waals surface area contributed by atoms with Crippen LogP contribution >= 0.6 is 17.0 Å². The number of carbonyl (C=O) groups excluding carboxylic acids is 1. The molecule has 0 saturated carbocycles. The molecule has 0 heterocycles. The summed E-state index contributed by atoms with van der Waals surface area (Å²) in [6.45, 7) is 6.88. The van der Waals surface area contributed by atoms with Crippen molar-refractivity contribution in [3.63, 3.8) is 0 Å². The number of nitrogens with one attached hydrogen (secondary N) is 1. The van der Waals surface area contributed by atoms with Gasteiger partial charge in [0.15, 0.2) is 0 Å². The van der Waals surface area contributed by atoms with Crippen molar-refractivity contribution >= 4 is 28.7 Å². The maximum Gasteiger partial charge on any atom is 0.320 e. The van der Waals surface area contributed by atoms with E-state index in [0.29, 0.717) is 6.61 Å². The van der Waals surface area contributed by atoms with Gasteiger partial charge in [-0.3, -0.25) is 10.2 Å². The van der Waals surface area contributed by atoms with E-state index in [1.165, 1.54) is 11.1 Å². The Morgan fingerprint density at radius 1 is 0.971 bits per heavy atom. The second-order valence-corrected chi connectivity index (χ2v) is 8.79. The highest BCUT2D eigenvalue weighted by Crippen LogP contribution is 2.25. The largest absolute Gasteiger partial charge is 0.489 e. The predicted octanol–water partition coefficient (Wildman–Crippen LogP) is 7.29. The summed E-state index contributed by atoms with van der Waals surface area (Å²) in [6, 6.07) is 25.7. The number of aryl methyl sites for hydroxylation is 1. The third kappa shape index (κ3) is 8.71. The normalized spacial score (nSPS) is 12.3. The quantitative estimate of drug-likeness (QED) is 0.187. The van der Waals surface area contributed by atoms with Gasteiger partial charge in [0.1, 0.15) is 12.4 Å². The summed E-state index contributed by atoms with van der Waals surface area (Å²) in [6.07, 6.45) is 3.84. The topological polar surface area (TPSA) is 67.6 Å². The third-order valence-corrected chi connectivity index (χ3v) is 6.01. The molecule has 0 bridgehead atoms. The Labute approximate surface area is 220 Å². The minimum atomic E-state index is -0.469. The number of benzene rings is 3.